The number of halogens is 1. The highest BCUT2D eigenvalue weighted by Crippen LogP contribution is 2.22. The summed E-state index contributed by atoms with van der Waals surface area (Å²) in [6, 6.07) is 15.6. The van der Waals surface area contributed by atoms with E-state index in [9.17, 15) is 9.59 Å². The number of aromatic nitrogens is 2. The van der Waals surface area contributed by atoms with Gasteiger partial charge in [0.2, 0.25) is 0 Å². The summed E-state index contributed by atoms with van der Waals surface area (Å²) in [6.07, 6.45) is 2.44. The Balaban J connectivity index is 1.58. The summed E-state index contributed by atoms with van der Waals surface area (Å²) in [5.74, 6) is 0.745. The molecule has 3 aromatic rings. The molecule has 0 saturated carbocycles. The fourth-order valence-electron chi connectivity index (χ4n) is 3.48. The molecule has 0 bridgehead atoms. The van der Waals surface area contributed by atoms with Gasteiger partial charge >= 0.3 is 5.69 Å². The van der Waals surface area contributed by atoms with Crippen molar-refractivity contribution < 1.29 is 4.74 Å². The van der Waals surface area contributed by atoms with Crippen molar-refractivity contribution >= 4 is 11.6 Å². The van der Waals surface area contributed by atoms with Gasteiger partial charge in [0.25, 0.3) is 5.56 Å². The first-order valence-electron chi connectivity index (χ1n) is 10.4. The Labute approximate surface area is 187 Å². The summed E-state index contributed by atoms with van der Waals surface area (Å²) < 4.78 is 8.38. The molecule has 0 fully saturated rings. The van der Waals surface area contributed by atoms with Crippen molar-refractivity contribution in [2.24, 2.45) is 7.05 Å². The molecule has 0 radical (unpaired) electrons. The molecule has 1 aromatic heterocycles. The van der Waals surface area contributed by atoms with Crippen molar-refractivity contribution in [3.05, 3.63) is 97.3 Å². The van der Waals surface area contributed by atoms with Gasteiger partial charge in [0.1, 0.15) is 12.4 Å². The van der Waals surface area contributed by atoms with Gasteiger partial charge in [0, 0.05) is 36.9 Å². The average molecular weight is 442 g/mol. The molecule has 6 nitrogen and oxygen atoms in total. The van der Waals surface area contributed by atoms with E-state index in [4.69, 9.17) is 16.3 Å². The third-order valence-corrected chi connectivity index (χ3v) is 5.54. The summed E-state index contributed by atoms with van der Waals surface area (Å²) in [5, 5.41) is 4.33. The number of ether oxygens (including phenoxy) is 1. The van der Waals surface area contributed by atoms with Crippen LogP contribution in [0.5, 0.6) is 5.75 Å². The SMILES string of the molecule is CCC(NCc1ccc(OCCn2c(=O)ccn(C)c2=O)c(C)c1)c1ccc(Cl)cc1. The summed E-state index contributed by atoms with van der Waals surface area (Å²) in [6.45, 7) is 5.32. The van der Waals surface area contributed by atoms with Crippen LogP contribution in [0, 0.1) is 6.92 Å². The monoisotopic (exact) mass is 441 g/mol. The minimum absolute atomic E-state index is 0.203. The molecule has 0 aliphatic rings. The summed E-state index contributed by atoms with van der Waals surface area (Å²) in [5.41, 5.74) is 2.71. The van der Waals surface area contributed by atoms with E-state index in [1.54, 1.807) is 7.05 Å². The van der Waals surface area contributed by atoms with E-state index in [0.29, 0.717) is 0 Å². The summed E-state index contributed by atoms with van der Waals surface area (Å²) in [7, 11) is 1.62. The third-order valence-electron chi connectivity index (χ3n) is 5.28. The van der Waals surface area contributed by atoms with E-state index >= 15 is 0 Å². The van der Waals surface area contributed by atoms with E-state index in [1.165, 1.54) is 27.0 Å². The van der Waals surface area contributed by atoms with Gasteiger partial charge in [-0.1, -0.05) is 42.8 Å². The van der Waals surface area contributed by atoms with E-state index in [1.807, 2.05) is 31.2 Å². The highest BCUT2D eigenvalue weighted by molar-refractivity contribution is 6.30. The van der Waals surface area contributed by atoms with Gasteiger partial charge in [-0.3, -0.25) is 9.36 Å². The molecule has 1 heterocycles. The van der Waals surface area contributed by atoms with E-state index < -0.39 is 0 Å². The Hall–Kier alpha value is -2.83. The number of nitrogens with one attached hydrogen (secondary N) is 1. The lowest BCUT2D eigenvalue weighted by Gasteiger charge is -2.18. The maximum Gasteiger partial charge on any atom is 0.330 e. The van der Waals surface area contributed by atoms with Crippen LogP contribution in [-0.2, 0) is 20.1 Å². The molecule has 0 aliphatic carbocycles. The smallest absolute Gasteiger partial charge is 0.330 e. The molecule has 0 amide bonds. The Kier molecular flexibility index (Phi) is 7.71. The van der Waals surface area contributed by atoms with Crippen LogP contribution in [0.2, 0.25) is 5.02 Å². The number of nitrogens with zero attached hydrogens (tertiary/aromatic N) is 2. The largest absolute Gasteiger partial charge is 0.491 e. The minimum atomic E-state index is -0.347. The number of hydrogen-bond donors (Lipinski definition) is 1. The first-order chi connectivity index (χ1) is 14.9. The maximum atomic E-state index is 12.1. The normalized spacial score (nSPS) is 12.0. The van der Waals surface area contributed by atoms with Crippen LogP contribution < -0.4 is 21.3 Å². The molecule has 7 heteroatoms. The molecule has 0 aliphatic heterocycles. The van der Waals surface area contributed by atoms with E-state index in [0.717, 1.165) is 34.9 Å². The highest BCUT2D eigenvalue weighted by Gasteiger charge is 2.10. The van der Waals surface area contributed by atoms with Gasteiger partial charge in [-0.2, -0.15) is 0 Å². The lowest BCUT2D eigenvalue weighted by atomic mass is 10.0. The van der Waals surface area contributed by atoms with Crippen molar-refractivity contribution in [1.82, 2.24) is 14.5 Å². The van der Waals surface area contributed by atoms with Crippen LogP contribution in [0.15, 0.2) is 64.3 Å². The second-order valence-corrected chi connectivity index (χ2v) is 7.98. The van der Waals surface area contributed by atoms with Crippen molar-refractivity contribution in [3.8, 4) is 5.75 Å². The van der Waals surface area contributed by atoms with Crippen LogP contribution in [0.1, 0.15) is 36.1 Å². The fourth-order valence-corrected chi connectivity index (χ4v) is 3.61. The van der Waals surface area contributed by atoms with Gasteiger partial charge in [0.15, 0.2) is 0 Å². The Morgan fingerprint density at radius 2 is 1.84 bits per heavy atom. The molecular weight excluding hydrogens is 414 g/mol. The standard InChI is InChI=1S/C24H28ClN3O3/c1-4-21(19-6-8-20(25)9-7-19)26-16-18-5-10-22(17(2)15-18)31-14-13-28-23(29)11-12-27(3)24(28)30/h5-12,15,21,26H,4,13-14,16H2,1-3H3. The van der Waals surface area contributed by atoms with Crippen molar-refractivity contribution in [2.45, 2.75) is 39.4 Å². The molecule has 1 unspecified atom stereocenters. The van der Waals surface area contributed by atoms with E-state index in [-0.39, 0.29) is 30.4 Å². The Bertz CT molecular complexity index is 1140. The van der Waals surface area contributed by atoms with E-state index in [2.05, 4.69) is 30.4 Å². The van der Waals surface area contributed by atoms with Crippen molar-refractivity contribution in [3.63, 3.8) is 0 Å². The molecule has 3 rings (SSSR count). The summed E-state index contributed by atoms with van der Waals surface area (Å²) in [4.78, 5) is 24.0. The zero-order chi connectivity index (χ0) is 22.4. The van der Waals surface area contributed by atoms with Crippen LogP contribution >= 0.6 is 11.6 Å². The van der Waals surface area contributed by atoms with Crippen LogP contribution in [0.3, 0.4) is 0 Å². The Morgan fingerprint density at radius 1 is 1.10 bits per heavy atom. The quantitative estimate of drug-likeness (QED) is 0.548. The van der Waals surface area contributed by atoms with Crippen LogP contribution in [-0.4, -0.2) is 15.7 Å². The second-order valence-electron chi connectivity index (χ2n) is 7.54. The Morgan fingerprint density at radius 3 is 2.52 bits per heavy atom. The topological polar surface area (TPSA) is 65.3 Å². The lowest BCUT2D eigenvalue weighted by Crippen LogP contribution is -2.39. The molecule has 1 N–H and O–H groups in total. The number of benzene rings is 2. The number of hydrogen-bond acceptors (Lipinski definition) is 4. The van der Waals surface area contributed by atoms with Gasteiger partial charge in [0.05, 0.1) is 6.54 Å². The van der Waals surface area contributed by atoms with Gasteiger partial charge in [-0.25, -0.2) is 4.79 Å². The molecule has 1 atom stereocenters. The van der Waals surface area contributed by atoms with Crippen LogP contribution in [0.25, 0.3) is 0 Å². The number of rotatable bonds is 9. The predicted molar refractivity (Wildman–Crippen MR) is 124 cm³/mol. The van der Waals surface area contributed by atoms with Crippen molar-refractivity contribution in [2.75, 3.05) is 6.61 Å². The summed E-state index contributed by atoms with van der Waals surface area (Å²) >= 11 is 5.99. The highest BCUT2D eigenvalue weighted by atomic mass is 35.5. The molecule has 0 spiro atoms. The van der Waals surface area contributed by atoms with Gasteiger partial charge in [-0.15, -0.1) is 0 Å². The molecule has 2 aromatic carbocycles. The fraction of sp³-hybridized carbons (Fsp3) is 0.333. The molecule has 31 heavy (non-hydrogen) atoms. The molecule has 0 saturated heterocycles. The lowest BCUT2D eigenvalue weighted by molar-refractivity contribution is 0.290. The first kappa shape index (κ1) is 22.8. The first-order valence-corrected chi connectivity index (χ1v) is 10.7. The average Bonchev–Trinajstić information content (AvgIpc) is 2.76. The zero-order valence-corrected chi connectivity index (χ0v) is 18.9. The molecular formula is C24H28ClN3O3. The zero-order valence-electron chi connectivity index (χ0n) is 18.1. The van der Waals surface area contributed by atoms with Gasteiger partial charge in [-0.05, 0) is 48.2 Å². The van der Waals surface area contributed by atoms with Crippen LogP contribution in [0.4, 0.5) is 0 Å². The van der Waals surface area contributed by atoms with Crippen molar-refractivity contribution in [1.29, 1.82) is 0 Å². The second kappa shape index (κ2) is 10.5. The predicted octanol–water partition coefficient (Wildman–Crippen LogP) is 3.83. The van der Waals surface area contributed by atoms with Gasteiger partial charge < -0.3 is 14.6 Å². The number of aryl methyl sites for hydroxylation is 2. The minimum Gasteiger partial charge on any atom is -0.491 e. The molecule has 164 valence electrons. The maximum absolute atomic E-state index is 12.1. The third kappa shape index (κ3) is 5.87.